The molecule has 3 heterocycles. The van der Waals surface area contributed by atoms with Gasteiger partial charge in [0.05, 0.1) is 11.9 Å². The highest BCUT2D eigenvalue weighted by atomic mass is 35.5. The van der Waals surface area contributed by atoms with E-state index in [1.54, 1.807) is 6.20 Å². The highest BCUT2D eigenvalue weighted by molar-refractivity contribution is 6.33. The lowest BCUT2D eigenvalue weighted by Crippen LogP contribution is -2.47. The van der Waals surface area contributed by atoms with Gasteiger partial charge in [0.2, 0.25) is 0 Å². The van der Waals surface area contributed by atoms with Crippen LogP contribution in [0.25, 0.3) is 0 Å². The largest absolute Gasteiger partial charge is 0.369 e. The Morgan fingerprint density at radius 2 is 2.10 bits per heavy atom. The van der Waals surface area contributed by atoms with Crippen molar-refractivity contribution in [2.75, 3.05) is 11.9 Å². The number of nitrogens with one attached hydrogen (secondary N) is 1. The number of nitrogens with zero attached hydrogens (tertiary/aromatic N) is 3. The Morgan fingerprint density at radius 1 is 1.43 bits per heavy atom. The lowest BCUT2D eigenvalue weighted by Gasteiger charge is -2.37. The molecule has 2 aliphatic rings. The Labute approximate surface area is 130 Å². The summed E-state index contributed by atoms with van der Waals surface area (Å²) in [4.78, 5) is 14.4. The monoisotopic (exact) mass is 310 g/mol. The summed E-state index contributed by atoms with van der Waals surface area (Å²) in [5.74, 6) is 0. The molecule has 0 spiro atoms. The average molecular weight is 311 g/mol. The zero-order valence-electron chi connectivity index (χ0n) is 12.7. The van der Waals surface area contributed by atoms with Gasteiger partial charge in [0.25, 0.3) is 5.56 Å². The summed E-state index contributed by atoms with van der Waals surface area (Å²) in [5, 5.41) is 8.20. The highest BCUT2D eigenvalue weighted by Crippen LogP contribution is 2.32. The van der Waals surface area contributed by atoms with Gasteiger partial charge in [0.15, 0.2) is 0 Å². The van der Waals surface area contributed by atoms with E-state index in [0.29, 0.717) is 29.7 Å². The van der Waals surface area contributed by atoms with Gasteiger partial charge in [-0.2, -0.15) is 5.10 Å². The number of hydrogen-bond acceptors (Lipinski definition) is 4. The van der Waals surface area contributed by atoms with Crippen molar-refractivity contribution < 1.29 is 0 Å². The number of rotatable bonds is 4. The van der Waals surface area contributed by atoms with Crippen LogP contribution in [0.4, 0.5) is 5.69 Å². The van der Waals surface area contributed by atoms with Crippen LogP contribution in [0.5, 0.6) is 0 Å². The molecule has 2 bridgehead atoms. The van der Waals surface area contributed by atoms with Gasteiger partial charge in [-0.25, -0.2) is 4.68 Å². The van der Waals surface area contributed by atoms with E-state index in [-0.39, 0.29) is 5.56 Å². The molecular formula is C15H23ClN4O. The summed E-state index contributed by atoms with van der Waals surface area (Å²) < 4.78 is 1.45. The zero-order valence-corrected chi connectivity index (χ0v) is 13.4. The molecule has 2 unspecified atom stereocenters. The van der Waals surface area contributed by atoms with Crippen LogP contribution in [0.3, 0.4) is 0 Å². The normalized spacial score (nSPS) is 27.9. The third kappa shape index (κ3) is 2.81. The van der Waals surface area contributed by atoms with E-state index in [9.17, 15) is 4.79 Å². The van der Waals surface area contributed by atoms with Crippen LogP contribution in [0, 0.1) is 0 Å². The van der Waals surface area contributed by atoms with Gasteiger partial charge in [0, 0.05) is 31.7 Å². The van der Waals surface area contributed by atoms with Crippen molar-refractivity contribution in [3.05, 3.63) is 21.6 Å². The molecule has 2 fully saturated rings. The molecule has 3 rings (SSSR count). The molecule has 0 amide bonds. The molecular weight excluding hydrogens is 288 g/mol. The van der Waals surface area contributed by atoms with Gasteiger partial charge in [-0.1, -0.05) is 18.5 Å². The standard InChI is InChI=1S/C15H23ClN4O/c1-3-6-20-15(21)14(16)13(9-17-20)19(2)12-7-10-4-5-11(8-12)18-10/h9-12,18H,3-8H2,1-2H3. The van der Waals surface area contributed by atoms with Crippen molar-refractivity contribution in [3.63, 3.8) is 0 Å². The first-order valence-corrected chi connectivity index (χ1v) is 8.22. The van der Waals surface area contributed by atoms with Crippen LogP contribution < -0.4 is 15.8 Å². The van der Waals surface area contributed by atoms with Crippen molar-refractivity contribution in [3.8, 4) is 0 Å². The van der Waals surface area contributed by atoms with Gasteiger partial charge < -0.3 is 10.2 Å². The fourth-order valence-corrected chi connectivity index (χ4v) is 3.89. The molecule has 0 radical (unpaired) electrons. The van der Waals surface area contributed by atoms with E-state index in [4.69, 9.17) is 11.6 Å². The quantitative estimate of drug-likeness (QED) is 0.924. The van der Waals surface area contributed by atoms with Crippen molar-refractivity contribution in [2.45, 2.75) is 63.7 Å². The maximum Gasteiger partial charge on any atom is 0.287 e. The lowest BCUT2D eigenvalue weighted by atomic mass is 9.98. The number of fused-ring (bicyclic) bond motifs is 2. The SMILES string of the molecule is CCCn1ncc(N(C)C2CC3CCC(C2)N3)c(Cl)c1=O. The Balaban J connectivity index is 1.83. The van der Waals surface area contributed by atoms with Crippen LogP contribution in [0.15, 0.2) is 11.0 Å². The van der Waals surface area contributed by atoms with Crippen LogP contribution >= 0.6 is 11.6 Å². The summed E-state index contributed by atoms with van der Waals surface area (Å²) in [5.41, 5.74) is 0.583. The number of anilines is 1. The Morgan fingerprint density at radius 3 is 2.71 bits per heavy atom. The maximum atomic E-state index is 12.2. The zero-order chi connectivity index (χ0) is 15.0. The second-order valence-corrected chi connectivity index (χ2v) is 6.62. The smallest absolute Gasteiger partial charge is 0.287 e. The molecule has 116 valence electrons. The minimum Gasteiger partial charge on any atom is -0.369 e. The molecule has 6 heteroatoms. The molecule has 2 aliphatic heterocycles. The molecule has 5 nitrogen and oxygen atoms in total. The van der Waals surface area contributed by atoms with E-state index >= 15 is 0 Å². The number of hydrogen-bond donors (Lipinski definition) is 1. The molecule has 1 aromatic rings. The number of halogens is 1. The van der Waals surface area contributed by atoms with Crippen molar-refractivity contribution in [2.24, 2.45) is 0 Å². The third-order valence-corrected chi connectivity index (χ3v) is 5.13. The molecule has 21 heavy (non-hydrogen) atoms. The Bertz CT molecular complexity index is 561. The first-order chi connectivity index (χ1) is 10.1. The Hall–Kier alpha value is -1.07. The lowest BCUT2D eigenvalue weighted by molar-refractivity contribution is 0.354. The van der Waals surface area contributed by atoms with Gasteiger partial charge >= 0.3 is 0 Å². The van der Waals surface area contributed by atoms with Crippen molar-refractivity contribution >= 4 is 17.3 Å². The fourth-order valence-electron chi connectivity index (χ4n) is 3.61. The minimum absolute atomic E-state index is 0.181. The number of aromatic nitrogens is 2. The van der Waals surface area contributed by atoms with Gasteiger partial charge in [0.1, 0.15) is 5.02 Å². The van der Waals surface area contributed by atoms with E-state index in [1.807, 2.05) is 14.0 Å². The second-order valence-electron chi connectivity index (χ2n) is 6.25. The first kappa shape index (κ1) is 14.9. The van der Waals surface area contributed by atoms with E-state index in [0.717, 1.165) is 24.9 Å². The predicted octanol–water partition coefficient (Wildman–Crippen LogP) is 2.03. The minimum atomic E-state index is -0.181. The average Bonchev–Trinajstić information content (AvgIpc) is 2.82. The molecule has 0 aliphatic carbocycles. The fraction of sp³-hybridized carbons (Fsp3) is 0.733. The highest BCUT2D eigenvalue weighted by Gasteiger charge is 2.35. The van der Waals surface area contributed by atoms with Gasteiger partial charge in [-0.3, -0.25) is 4.79 Å². The van der Waals surface area contributed by atoms with Gasteiger partial charge in [-0.05, 0) is 32.1 Å². The summed E-state index contributed by atoms with van der Waals surface area (Å²) >= 11 is 6.31. The predicted molar refractivity (Wildman–Crippen MR) is 85.2 cm³/mol. The van der Waals surface area contributed by atoms with Crippen molar-refractivity contribution in [1.82, 2.24) is 15.1 Å². The molecule has 0 saturated carbocycles. The topological polar surface area (TPSA) is 50.2 Å². The summed E-state index contributed by atoms with van der Waals surface area (Å²) in [6.45, 7) is 2.63. The Kier molecular flexibility index (Phi) is 4.22. The van der Waals surface area contributed by atoms with Gasteiger partial charge in [-0.15, -0.1) is 0 Å². The van der Waals surface area contributed by atoms with Crippen LogP contribution in [-0.2, 0) is 6.54 Å². The number of piperidine rings is 1. The van der Waals surface area contributed by atoms with Crippen LogP contribution in [0.2, 0.25) is 5.02 Å². The number of aryl methyl sites for hydroxylation is 1. The van der Waals surface area contributed by atoms with Crippen LogP contribution in [-0.4, -0.2) is 35.0 Å². The third-order valence-electron chi connectivity index (χ3n) is 4.78. The molecule has 1 aromatic heterocycles. The maximum absolute atomic E-state index is 12.2. The summed E-state index contributed by atoms with van der Waals surface area (Å²) in [7, 11) is 2.03. The van der Waals surface area contributed by atoms with E-state index in [1.165, 1.54) is 17.5 Å². The molecule has 2 saturated heterocycles. The van der Waals surface area contributed by atoms with Crippen molar-refractivity contribution in [1.29, 1.82) is 0 Å². The summed E-state index contributed by atoms with van der Waals surface area (Å²) in [6.07, 6.45) is 7.36. The van der Waals surface area contributed by atoms with E-state index in [2.05, 4.69) is 15.3 Å². The molecule has 1 N–H and O–H groups in total. The summed E-state index contributed by atoms with van der Waals surface area (Å²) in [6, 6.07) is 1.66. The van der Waals surface area contributed by atoms with E-state index < -0.39 is 0 Å². The van der Waals surface area contributed by atoms with Crippen LogP contribution in [0.1, 0.15) is 39.0 Å². The molecule has 2 atom stereocenters. The molecule has 0 aromatic carbocycles. The second kappa shape index (κ2) is 5.97. The first-order valence-electron chi connectivity index (χ1n) is 7.84.